The molecule has 4 heteroatoms. The first kappa shape index (κ1) is 14.9. The molecule has 2 aromatic rings. The van der Waals surface area contributed by atoms with E-state index in [1.807, 2.05) is 37.3 Å². The van der Waals surface area contributed by atoms with Crippen LogP contribution < -0.4 is 0 Å². The second-order valence-corrected chi connectivity index (χ2v) is 5.10. The van der Waals surface area contributed by atoms with Crippen LogP contribution in [-0.2, 0) is 5.41 Å². The maximum Gasteiger partial charge on any atom is 0.269 e. The Kier molecular flexibility index (Phi) is 4.19. The summed E-state index contributed by atoms with van der Waals surface area (Å²) in [6.07, 6.45) is 0.868. The minimum atomic E-state index is -0.835. The van der Waals surface area contributed by atoms with Gasteiger partial charge in [0.05, 0.1) is 11.0 Å². The summed E-state index contributed by atoms with van der Waals surface area (Å²) >= 11 is 0. The molecule has 0 amide bonds. The van der Waals surface area contributed by atoms with Crippen LogP contribution in [-0.4, -0.2) is 10.0 Å². The Bertz CT molecular complexity index is 637. The van der Waals surface area contributed by atoms with E-state index in [1.165, 1.54) is 12.1 Å². The van der Waals surface area contributed by atoms with Crippen molar-refractivity contribution in [3.05, 3.63) is 88.5 Å². The number of hydrogen-bond donors (Lipinski definition) is 1. The van der Waals surface area contributed by atoms with E-state index in [9.17, 15) is 15.2 Å². The monoisotopic (exact) mass is 283 g/mol. The average Bonchev–Trinajstić information content (AvgIpc) is 2.54. The molecule has 2 aromatic carbocycles. The highest BCUT2D eigenvalue weighted by Gasteiger charge is 2.33. The number of aliphatic hydroxyl groups excluding tert-OH is 1. The van der Waals surface area contributed by atoms with E-state index in [1.54, 1.807) is 18.2 Å². The van der Waals surface area contributed by atoms with Crippen molar-refractivity contribution >= 4 is 5.69 Å². The fraction of sp³-hybridized carbons (Fsp3) is 0.176. The molecule has 0 aliphatic rings. The Morgan fingerprint density at radius 3 is 2.24 bits per heavy atom. The second-order valence-electron chi connectivity index (χ2n) is 5.10. The third kappa shape index (κ3) is 2.85. The van der Waals surface area contributed by atoms with Crippen LogP contribution in [0.5, 0.6) is 0 Å². The molecular weight excluding hydrogens is 266 g/mol. The fourth-order valence-corrected chi connectivity index (χ4v) is 2.31. The van der Waals surface area contributed by atoms with E-state index in [0.717, 1.165) is 5.56 Å². The minimum absolute atomic E-state index is 0.00553. The van der Waals surface area contributed by atoms with Gasteiger partial charge in [-0.3, -0.25) is 10.1 Å². The van der Waals surface area contributed by atoms with Gasteiger partial charge in [0.15, 0.2) is 0 Å². The standard InChI is InChI=1S/C17H17NO3/c1-3-17(2,14-7-5-4-6-8-14)16(19)13-9-11-15(12-10-13)18(20)21/h3-12,16,19H,1H2,2H3. The lowest BCUT2D eigenvalue weighted by molar-refractivity contribution is -0.384. The molecule has 0 bridgehead atoms. The van der Waals surface area contributed by atoms with E-state index >= 15 is 0 Å². The van der Waals surface area contributed by atoms with Gasteiger partial charge in [0.1, 0.15) is 0 Å². The molecule has 0 aliphatic heterocycles. The van der Waals surface area contributed by atoms with E-state index in [4.69, 9.17) is 0 Å². The van der Waals surface area contributed by atoms with Gasteiger partial charge in [-0.25, -0.2) is 0 Å². The van der Waals surface area contributed by atoms with Gasteiger partial charge in [0.2, 0.25) is 0 Å². The maximum absolute atomic E-state index is 10.7. The molecule has 1 N–H and O–H groups in total. The van der Waals surface area contributed by atoms with Gasteiger partial charge < -0.3 is 5.11 Å². The number of non-ortho nitro benzene ring substituents is 1. The summed E-state index contributed by atoms with van der Waals surface area (Å²) < 4.78 is 0. The Labute approximate surface area is 123 Å². The van der Waals surface area contributed by atoms with Crippen LogP contribution in [0.2, 0.25) is 0 Å². The van der Waals surface area contributed by atoms with Gasteiger partial charge in [0.25, 0.3) is 5.69 Å². The van der Waals surface area contributed by atoms with Gasteiger partial charge >= 0.3 is 0 Å². The van der Waals surface area contributed by atoms with Gasteiger partial charge in [0, 0.05) is 17.5 Å². The first-order valence-electron chi connectivity index (χ1n) is 6.60. The number of rotatable bonds is 5. The fourth-order valence-electron chi connectivity index (χ4n) is 2.31. The van der Waals surface area contributed by atoms with Crippen LogP contribution in [0.3, 0.4) is 0 Å². The molecule has 2 unspecified atom stereocenters. The smallest absolute Gasteiger partial charge is 0.269 e. The van der Waals surface area contributed by atoms with Crippen molar-refractivity contribution in [2.24, 2.45) is 0 Å². The summed E-state index contributed by atoms with van der Waals surface area (Å²) in [5, 5.41) is 21.4. The van der Waals surface area contributed by atoms with Crippen LogP contribution in [0.4, 0.5) is 5.69 Å². The van der Waals surface area contributed by atoms with Crippen LogP contribution in [0.25, 0.3) is 0 Å². The zero-order valence-electron chi connectivity index (χ0n) is 11.8. The molecule has 2 atom stereocenters. The third-order valence-corrected chi connectivity index (χ3v) is 3.81. The highest BCUT2D eigenvalue weighted by Crippen LogP contribution is 2.38. The number of aliphatic hydroxyl groups is 1. The van der Waals surface area contributed by atoms with Gasteiger partial charge in [-0.1, -0.05) is 36.4 Å². The Balaban J connectivity index is 2.38. The number of benzene rings is 2. The summed E-state index contributed by atoms with van der Waals surface area (Å²) in [5.41, 5.74) is 0.890. The van der Waals surface area contributed by atoms with E-state index < -0.39 is 16.4 Å². The normalized spacial score (nSPS) is 15.0. The number of nitrogens with zero attached hydrogens (tertiary/aromatic N) is 1. The molecule has 0 radical (unpaired) electrons. The second kappa shape index (κ2) is 5.89. The van der Waals surface area contributed by atoms with Crippen LogP contribution in [0.15, 0.2) is 67.3 Å². The summed E-state index contributed by atoms with van der Waals surface area (Å²) in [7, 11) is 0. The van der Waals surface area contributed by atoms with Crippen molar-refractivity contribution in [1.82, 2.24) is 0 Å². The Hall–Kier alpha value is -2.46. The summed E-state index contributed by atoms with van der Waals surface area (Å²) in [5.74, 6) is 0. The van der Waals surface area contributed by atoms with E-state index in [-0.39, 0.29) is 5.69 Å². The van der Waals surface area contributed by atoms with Crippen molar-refractivity contribution in [1.29, 1.82) is 0 Å². The van der Waals surface area contributed by atoms with E-state index in [2.05, 4.69) is 6.58 Å². The lowest BCUT2D eigenvalue weighted by Gasteiger charge is -2.32. The lowest BCUT2D eigenvalue weighted by atomic mass is 9.75. The van der Waals surface area contributed by atoms with Crippen LogP contribution in [0.1, 0.15) is 24.2 Å². The number of nitro benzene ring substituents is 1. The summed E-state index contributed by atoms with van der Waals surface area (Å²) in [4.78, 5) is 10.2. The molecule has 2 rings (SSSR count). The van der Waals surface area contributed by atoms with Crippen molar-refractivity contribution in [3.63, 3.8) is 0 Å². The maximum atomic E-state index is 10.7. The summed E-state index contributed by atoms with van der Waals surface area (Å²) in [6.45, 7) is 5.72. The molecule has 21 heavy (non-hydrogen) atoms. The largest absolute Gasteiger partial charge is 0.387 e. The van der Waals surface area contributed by atoms with E-state index in [0.29, 0.717) is 5.56 Å². The molecule has 0 saturated heterocycles. The number of nitro groups is 1. The first-order valence-corrected chi connectivity index (χ1v) is 6.60. The average molecular weight is 283 g/mol. The molecule has 108 valence electrons. The van der Waals surface area contributed by atoms with Gasteiger partial charge in [-0.05, 0) is 30.2 Å². The Morgan fingerprint density at radius 2 is 1.76 bits per heavy atom. The molecule has 0 aliphatic carbocycles. The lowest BCUT2D eigenvalue weighted by Crippen LogP contribution is -2.28. The van der Waals surface area contributed by atoms with Crippen LogP contribution in [0, 0.1) is 10.1 Å². The number of hydrogen-bond acceptors (Lipinski definition) is 3. The highest BCUT2D eigenvalue weighted by molar-refractivity contribution is 5.39. The molecule has 0 spiro atoms. The van der Waals surface area contributed by atoms with Crippen molar-refractivity contribution < 1.29 is 10.0 Å². The minimum Gasteiger partial charge on any atom is -0.387 e. The molecular formula is C17H17NO3. The van der Waals surface area contributed by atoms with Crippen molar-refractivity contribution in [2.45, 2.75) is 18.4 Å². The molecule has 0 saturated carbocycles. The van der Waals surface area contributed by atoms with Crippen molar-refractivity contribution in [2.75, 3.05) is 0 Å². The molecule has 0 heterocycles. The predicted molar refractivity (Wildman–Crippen MR) is 82.0 cm³/mol. The Morgan fingerprint density at radius 1 is 1.19 bits per heavy atom. The van der Waals surface area contributed by atoms with Crippen LogP contribution >= 0.6 is 0 Å². The molecule has 0 aromatic heterocycles. The highest BCUT2D eigenvalue weighted by atomic mass is 16.6. The first-order chi connectivity index (χ1) is 9.99. The zero-order valence-corrected chi connectivity index (χ0v) is 11.8. The molecule has 4 nitrogen and oxygen atoms in total. The predicted octanol–water partition coefficient (Wildman–Crippen LogP) is 3.77. The SMILES string of the molecule is C=CC(C)(c1ccccc1)C(O)c1ccc([N+](=O)[O-])cc1. The topological polar surface area (TPSA) is 63.4 Å². The third-order valence-electron chi connectivity index (χ3n) is 3.81. The zero-order chi connectivity index (χ0) is 15.5. The quantitative estimate of drug-likeness (QED) is 0.516. The van der Waals surface area contributed by atoms with Crippen molar-refractivity contribution in [3.8, 4) is 0 Å². The van der Waals surface area contributed by atoms with Gasteiger partial charge in [-0.2, -0.15) is 0 Å². The molecule has 0 fully saturated rings. The summed E-state index contributed by atoms with van der Waals surface area (Å²) in [6, 6.07) is 15.5. The van der Waals surface area contributed by atoms with Gasteiger partial charge in [-0.15, -0.1) is 6.58 Å².